The lowest BCUT2D eigenvalue weighted by molar-refractivity contribution is 0.0698. The third-order valence-corrected chi connectivity index (χ3v) is 3.65. The number of aromatic nitrogens is 2. The average molecular weight is 302 g/mol. The number of rotatable bonds is 3. The molecule has 21 heavy (non-hydrogen) atoms. The number of amides is 2. The van der Waals surface area contributed by atoms with Crippen LogP contribution in [-0.2, 0) is 0 Å². The number of nitrogens with zero attached hydrogens (tertiary/aromatic N) is 1. The predicted molar refractivity (Wildman–Crippen MR) is 80.0 cm³/mol. The van der Waals surface area contributed by atoms with Gasteiger partial charge >= 0.3 is 12.0 Å². The quantitative estimate of drug-likeness (QED) is 0.596. The fourth-order valence-corrected chi connectivity index (χ4v) is 2.63. The molecule has 7 nitrogen and oxygen atoms in total. The Balaban J connectivity index is 1.73. The van der Waals surface area contributed by atoms with Gasteiger partial charge < -0.3 is 10.4 Å². The molecule has 2 heterocycles. The second kappa shape index (κ2) is 5.25. The van der Waals surface area contributed by atoms with E-state index in [1.807, 2.05) is 6.07 Å². The number of hydrogen-bond acceptors (Lipinski definition) is 4. The number of thiophene rings is 1. The van der Waals surface area contributed by atoms with Crippen molar-refractivity contribution in [3.8, 4) is 0 Å². The number of carboxylic acids is 1. The first-order valence-electron chi connectivity index (χ1n) is 5.95. The fraction of sp³-hybridized carbons (Fsp3) is 0. The molecule has 0 aliphatic heterocycles. The standard InChI is InChI=1S/C13H10N4O3S/c18-12(19)9-3-4-21-11(9)16-13(20)15-8-2-1-7-6-14-17-10(7)5-8/h1-6H,(H,14,17)(H,18,19)(H2,15,16,20). The van der Waals surface area contributed by atoms with Gasteiger partial charge in [0.15, 0.2) is 0 Å². The van der Waals surface area contributed by atoms with Gasteiger partial charge in [0.1, 0.15) is 5.00 Å². The van der Waals surface area contributed by atoms with Crippen molar-refractivity contribution in [3.05, 3.63) is 41.4 Å². The maximum absolute atomic E-state index is 11.9. The van der Waals surface area contributed by atoms with Gasteiger partial charge in [0.25, 0.3) is 0 Å². The van der Waals surface area contributed by atoms with Crippen molar-refractivity contribution in [2.75, 3.05) is 10.6 Å². The normalized spacial score (nSPS) is 10.5. The van der Waals surface area contributed by atoms with E-state index >= 15 is 0 Å². The van der Waals surface area contributed by atoms with Crippen LogP contribution in [0.2, 0.25) is 0 Å². The number of anilines is 2. The highest BCUT2D eigenvalue weighted by atomic mass is 32.1. The van der Waals surface area contributed by atoms with Gasteiger partial charge in [-0.25, -0.2) is 9.59 Å². The molecule has 0 saturated carbocycles. The molecule has 2 aromatic heterocycles. The highest BCUT2D eigenvalue weighted by molar-refractivity contribution is 7.14. The number of benzene rings is 1. The highest BCUT2D eigenvalue weighted by Gasteiger charge is 2.13. The number of aromatic amines is 1. The van der Waals surface area contributed by atoms with Crippen molar-refractivity contribution in [3.63, 3.8) is 0 Å². The van der Waals surface area contributed by atoms with E-state index in [0.717, 1.165) is 22.2 Å². The molecule has 2 amide bonds. The molecule has 106 valence electrons. The molecular formula is C13H10N4O3S. The molecule has 0 unspecified atom stereocenters. The van der Waals surface area contributed by atoms with Gasteiger partial charge in [0.2, 0.25) is 0 Å². The van der Waals surface area contributed by atoms with E-state index in [1.54, 1.807) is 23.7 Å². The van der Waals surface area contributed by atoms with Gasteiger partial charge in [0.05, 0.1) is 17.3 Å². The summed E-state index contributed by atoms with van der Waals surface area (Å²) in [5.41, 5.74) is 1.45. The maximum Gasteiger partial charge on any atom is 0.338 e. The molecule has 1 aromatic carbocycles. The average Bonchev–Trinajstić information content (AvgIpc) is 3.06. The number of carbonyl (C=O) groups is 2. The maximum atomic E-state index is 11.9. The third kappa shape index (κ3) is 2.70. The van der Waals surface area contributed by atoms with Crippen LogP contribution in [-0.4, -0.2) is 27.3 Å². The summed E-state index contributed by atoms with van der Waals surface area (Å²) in [7, 11) is 0. The van der Waals surface area contributed by atoms with Crippen molar-refractivity contribution in [2.45, 2.75) is 0 Å². The predicted octanol–water partition coefficient (Wildman–Crippen LogP) is 2.97. The lowest BCUT2D eigenvalue weighted by Gasteiger charge is -2.07. The molecule has 3 aromatic rings. The van der Waals surface area contributed by atoms with E-state index in [-0.39, 0.29) is 5.56 Å². The van der Waals surface area contributed by atoms with Crippen molar-refractivity contribution < 1.29 is 14.7 Å². The molecule has 0 atom stereocenters. The molecule has 8 heteroatoms. The van der Waals surface area contributed by atoms with Crippen molar-refractivity contribution in [1.29, 1.82) is 0 Å². The number of fused-ring (bicyclic) bond motifs is 1. The summed E-state index contributed by atoms with van der Waals surface area (Å²) in [6.07, 6.45) is 1.68. The molecule has 0 aliphatic carbocycles. The molecule has 0 spiro atoms. The Labute approximate surface area is 122 Å². The molecule has 0 bridgehead atoms. The Morgan fingerprint density at radius 2 is 2.10 bits per heavy atom. The smallest absolute Gasteiger partial charge is 0.338 e. The Morgan fingerprint density at radius 3 is 2.90 bits per heavy atom. The van der Waals surface area contributed by atoms with Crippen molar-refractivity contribution >= 4 is 44.9 Å². The molecule has 3 rings (SSSR count). The van der Waals surface area contributed by atoms with E-state index in [4.69, 9.17) is 5.11 Å². The van der Waals surface area contributed by atoms with Gasteiger partial charge in [-0.2, -0.15) is 5.10 Å². The van der Waals surface area contributed by atoms with Gasteiger partial charge in [0, 0.05) is 11.1 Å². The minimum absolute atomic E-state index is 0.0687. The Bertz CT molecular complexity index is 824. The summed E-state index contributed by atoms with van der Waals surface area (Å²) in [4.78, 5) is 22.9. The first-order valence-corrected chi connectivity index (χ1v) is 6.83. The molecule has 4 N–H and O–H groups in total. The van der Waals surface area contributed by atoms with Crippen LogP contribution in [0, 0.1) is 0 Å². The monoisotopic (exact) mass is 302 g/mol. The van der Waals surface area contributed by atoms with Gasteiger partial charge in [-0.3, -0.25) is 10.4 Å². The van der Waals surface area contributed by atoms with E-state index in [1.165, 1.54) is 6.07 Å². The van der Waals surface area contributed by atoms with Gasteiger partial charge in [-0.1, -0.05) is 0 Å². The summed E-state index contributed by atoms with van der Waals surface area (Å²) in [6.45, 7) is 0. The van der Waals surface area contributed by atoms with Crippen LogP contribution in [0.4, 0.5) is 15.5 Å². The summed E-state index contributed by atoms with van der Waals surface area (Å²) in [5.74, 6) is -1.08. The number of H-pyrrole nitrogens is 1. The molecule has 0 aliphatic rings. The van der Waals surface area contributed by atoms with Crippen molar-refractivity contribution in [1.82, 2.24) is 10.2 Å². The van der Waals surface area contributed by atoms with Gasteiger partial charge in [-0.15, -0.1) is 11.3 Å². The van der Waals surface area contributed by atoms with E-state index in [2.05, 4.69) is 20.8 Å². The lowest BCUT2D eigenvalue weighted by atomic mass is 10.2. The number of nitrogens with one attached hydrogen (secondary N) is 3. The zero-order chi connectivity index (χ0) is 14.8. The van der Waals surface area contributed by atoms with E-state index < -0.39 is 12.0 Å². The first-order chi connectivity index (χ1) is 10.1. The second-order valence-corrected chi connectivity index (χ2v) is 5.14. The lowest BCUT2D eigenvalue weighted by Crippen LogP contribution is -2.19. The van der Waals surface area contributed by atoms with Crippen LogP contribution in [0.25, 0.3) is 10.9 Å². The number of urea groups is 1. The summed E-state index contributed by atoms with van der Waals surface area (Å²) in [5, 5.41) is 23.7. The molecule has 0 radical (unpaired) electrons. The molecule has 0 saturated heterocycles. The number of carboxylic acid groups (broad SMARTS) is 1. The second-order valence-electron chi connectivity index (χ2n) is 4.22. The molecule has 0 fully saturated rings. The van der Waals surface area contributed by atoms with Crippen LogP contribution in [0.15, 0.2) is 35.8 Å². The Hall–Kier alpha value is -2.87. The van der Waals surface area contributed by atoms with E-state index in [0.29, 0.717) is 10.7 Å². The number of carbonyl (C=O) groups excluding carboxylic acids is 1. The minimum atomic E-state index is -1.08. The first kappa shape index (κ1) is 13.1. The molecular weight excluding hydrogens is 292 g/mol. The number of hydrogen-bond donors (Lipinski definition) is 4. The summed E-state index contributed by atoms with van der Waals surface area (Å²) < 4.78 is 0. The minimum Gasteiger partial charge on any atom is -0.478 e. The zero-order valence-electron chi connectivity index (χ0n) is 10.6. The van der Waals surface area contributed by atoms with Crippen LogP contribution < -0.4 is 10.6 Å². The third-order valence-electron chi connectivity index (χ3n) is 2.82. The van der Waals surface area contributed by atoms with Crippen LogP contribution >= 0.6 is 11.3 Å². The zero-order valence-corrected chi connectivity index (χ0v) is 11.4. The van der Waals surface area contributed by atoms with Crippen LogP contribution in [0.3, 0.4) is 0 Å². The van der Waals surface area contributed by atoms with Crippen LogP contribution in [0.1, 0.15) is 10.4 Å². The van der Waals surface area contributed by atoms with E-state index in [9.17, 15) is 9.59 Å². The fourth-order valence-electron chi connectivity index (χ4n) is 1.85. The van der Waals surface area contributed by atoms with Gasteiger partial charge in [-0.05, 0) is 29.6 Å². The Morgan fingerprint density at radius 1 is 1.24 bits per heavy atom. The van der Waals surface area contributed by atoms with Crippen molar-refractivity contribution in [2.24, 2.45) is 0 Å². The largest absolute Gasteiger partial charge is 0.478 e. The summed E-state index contributed by atoms with van der Waals surface area (Å²) in [6, 6.07) is 6.25. The highest BCUT2D eigenvalue weighted by Crippen LogP contribution is 2.23. The SMILES string of the molecule is O=C(Nc1ccc2cn[nH]c2c1)Nc1sccc1C(=O)O. The Kier molecular flexibility index (Phi) is 3.28. The topological polar surface area (TPSA) is 107 Å². The number of aromatic carboxylic acids is 1. The summed E-state index contributed by atoms with van der Waals surface area (Å²) >= 11 is 1.15. The van der Waals surface area contributed by atoms with Crippen LogP contribution in [0.5, 0.6) is 0 Å².